The fourth-order valence-electron chi connectivity index (χ4n) is 3.25. The Morgan fingerprint density at radius 3 is 2.62 bits per heavy atom. The quantitative estimate of drug-likeness (QED) is 0.711. The molecule has 1 saturated heterocycles. The van der Waals surface area contributed by atoms with E-state index in [9.17, 15) is 5.11 Å². The number of hydrogen-bond donors (Lipinski definition) is 1. The lowest BCUT2D eigenvalue weighted by molar-refractivity contribution is 0.135. The van der Waals surface area contributed by atoms with Crippen molar-refractivity contribution in [3.8, 4) is 11.8 Å². The highest BCUT2D eigenvalue weighted by Crippen LogP contribution is 2.44. The van der Waals surface area contributed by atoms with E-state index < -0.39 is 0 Å². The van der Waals surface area contributed by atoms with E-state index in [1.165, 1.54) is 32.4 Å². The Morgan fingerprint density at radius 2 is 1.94 bits per heavy atom. The predicted octanol–water partition coefficient (Wildman–Crippen LogP) is 1.49. The Bertz CT molecular complexity index is 306. The van der Waals surface area contributed by atoms with Gasteiger partial charge in [-0.15, -0.1) is 5.92 Å². The minimum Gasteiger partial charge on any atom is -0.393 e. The van der Waals surface area contributed by atoms with Crippen molar-refractivity contribution in [3.05, 3.63) is 0 Å². The van der Waals surface area contributed by atoms with E-state index in [1.54, 1.807) is 0 Å². The SMILES string of the molecule is OC1CCCC1CC#CCN1C[C@H]2C[C@H]2C1. The summed E-state index contributed by atoms with van der Waals surface area (Å²) in [6.07, 6.45) is 5.64. The van der Waals surface area contributed by atoms with Crippen LogP contribution in [0.5, 0.6) is 0 Å². The maximum atomic E-state index is 9.66. The fraction of sp³-hybridized carbons (Fsp3) is 0.857. The third kappa shape index (κ3) is 2.26. The van der Waals surface area contributed by atoms with E-state index in [2.05, 4.69) is 16.7 Å². The summed E-state index contributed by atoms with van der Waals surface area (Å²) >= 11 is 0. The van der Waals surface area contributed by atoms with Gasteiger partial charge in [0.05, 0.1) is 12.6 Å². The third-order valence-corrected chi connectivity index (χ3v) is 4.47. The second-order valence-corrected chi connectivity index (χ2v) is 5.77. The van der Waals surface area contributed by atoms with Gasteiger partial charge in [0.25, 0.3) is 0 Å². The number of likely N-dealkylation sites (tertiary alicyclic amines) is 1. The standard InChI is InChI=1S/C14H21NO/c16-14-6-3-5-11(14)4-1-2-7-15-9-12-8-13(12)10-15/h11-14,16H,3-10H2/t11?,12-,13+,14?. The summed E-state index contributed by atoms with van der Waals surface area (Å²) in [4.78, 5) is 2.48. The number of nitrogens with zero attached hydrogens (tertiary/aromatic N) is 1. The summed E-state index contributed by atoms with van der Waals surface area (Å²) in [6, 6.07) is 0. The predicted molar refractivity (Wildman–Crippen MR) is 63.8 cm³/mol. The lowest BCUT2D eigenvalue weighted by Crippen LogP contribution is -2.22. The van der Waals surface area contributed by atoms with Crippen LogP contribution in [0.25, 0.3) is 0 Å². The first-order chi connectivity index (χ1) is 7.83. The second kappa shape index (κ2) is 4.39. The van der Waals surface area contributed by atoms with Crippen molar-refractivity contribution in [1.29, 1.82) is 0 Å². The Hall–Kier alpha value is -0.520. The monoisotopic (exact) mass is 219 g/mol. The number of aliphatic hydroxyl groups excluding tert-OH is 1. The van der Waals surface area contributed by atoms with E-state index in [0.717, 1.165) is 31.2 Å². The highest BCUT2D eigenvalue weighted by Gasteiger charge is 2.44. The highest BCUT2D eigenvalue weighted by molar-refractivity contribution is 5.06. The highest BCUT2D eigenvalue weighted by atomic mass is 16.3. The van der Waals surface area contributed by atoms with Crippen LogP contribution in [0.3, 0.4) is 0 Å². The first-order valence-corrected chi connectivity index (χ1v) is 6.69. The Kier molecular flexibility index (Phi) is 2.91. The second-order valence-electron chi connectivity index (χ2n) is 5.77. The molecule has 2 nitrogen and oxygen atoms in total. The molecule has 16 heavy (non-hydrogen) atoms. The van der Waals surface area contributed by atoms with Gasteiger partial charge >= 0.3 is 0 Å². The normalized spacial score (nSPS) is 41.6. The molecule has 3 rings (SSSR count). The zero-order valence-electron chi connectivity index (χ0n) is 9.86. The summed E-state index contributed by atoms with van der Waals surface area (Å²) in [5.41, 5.74) is 0. The summed E-state index contributed by atoms with van der Waals surface area (Å²) in [5.74, 6) is 9.03. The average molecular weight is 219 g/mol. The molecular weight excluding hydrogens is 198 g/mol. The van der Waals surface area contributed by atoms with E-state index in [4.69, 9.17) is 0 Å². The van der Waals surface area contributed by atoms with Crippen LogP contribution >= 0.6 is 0 Å². The number of rotatable bonds is 2. The van der Waals surface area contributed by atoms with Crippen LogP contribution in [0.2, 0.25) is 0 Å². The first kappa shape index (κ1) is 10.6. The number of fused-ring (bicyclic) bond motifs is 1. The van der Waals surface area contributed by atoms with Crippen molar-refractivity contribution >= 4 is 0 Å². The molecule has 2 unspecified atom stereocenters. The lowest BCUT2D eigenvalue weighted by Gasteiger charge is -2.13. The van der Waals surface area contributed by atoms with Crippen LogP contribution in [0.15, 0.2) is 0 Å². The van der Waals surface area contributed by atoms with Crippen LogP contribution in [-0.4, -0.2) is 35.7 Å². The largest absolute Gasteiger partial charge is 0.393 e. The zero-order chi connectivity index (χ0) is 11.0. The van der Waals surface area contributed by atoms with E-state index >= 15 is 0 Å². The van der Waals surface area contributed by atoms with Crippen molar-refractivity contribution < 1.29 is 5.11 Å². The van der Waals surface area contributed by atoms with Gasteiger partial charge in [0.1, 0.15) is 0 Å². The van der Waals surface area contributed by atoms with Crippen molar-refractivity contribution in [3.63, 3.8) is 0 Å². The Labute approximate surface area is 98.0 Å². The molecule has 0 radical (unpaired) electrons. The molecule has 2 heteroatoms. The molecule has 3 fully saturated rings. The lowest BCUT2D eigenvalue weighted by atomic mass is 10.0. The number of hydrogen-bond acceptors (Lipinski definition) is 2. The van der Waals surface area contributed by atoms with Crippen molar-refractivity contribution in [2.45, 2.75) is 38.2 Å². The topological polar surface area (TPSA) is 23.5 Å². The molecule has 0 aromatic carbocycles. The minimum atomic E-state index is -0.0752. The third-order valence-electron chi connectivity index (χ3n) is 4.47. The van der Waals surface area contributed by atoms with Gasteiger partial charge in [-0.3, -0.25) is 4.90 Å². The smallest absolute Gasteiger partial charge is 0.0601 e. The van der Waals surface area contributed by atoms with E-state index in [-0.39, 0.29) is 6.10 Å². The summed E-state index contributed by atoms with van der Waals surface area (Å²) in [6.45, 7) is 3.52. The molecule has 3 aliphatic rings. The molecule has 2 saturated carbocycles. The van der Waals surface area contributed by atoms with Crippen LogP contribution in [0.4, 0.5) is 0 Å². The van der Waals surface area contributed by atoms with Crippen LogP contribution < -0.4 is 0 Å². The van der Waals surface area contributed by atoms with Crippen LogP contribution in [0.1, 0.15) is 32.1 Å². The van der Waals surface area contributed by atoms with Gasteiger partial charge < -0.3 is 5.11 Å². The Balaban J connectivity index is 1.38. The van der Waals surface area contributed by atoms with Gasteiger partial charge in [-0.25, -0.2) is 0 Å². The summed E-state index contributed by atoms with van der Waals surface area (Å²) in [5, 5.41) is 9.66. The maximum absolute atomic E-state index is 9.66. The molecule has 88 valence electrons. The van der Waals surface area contributed by atoms with Crippen molar-refractivity contribution in [2.24, 2.45) is 17.8 Å². The number of piperidine rings is 1. The van der Waals surface area contributed by atoms with Crippen LogP contribution in [-0.2, 0) is 0 Å². The fourth-order valence-corrected chi connectivity index (χ4v) is 3.25. The molecule has 0 spiro atoms. The average Bonchev–Trinajstić information content (AvgIpc) is 2.71. The summed E-state index contributed by atoms with van der Waals surface area (Å²) < 4.78 is 0. The number of aliphatic hydroxyl groups is 1. The molecule has 0 aromatic heterocycles. The Morgan fingerprint density at radius 1 is 1.12 bits per heavy atom. The van der Waals surface area contributed by atoms with Crippen LogP contribution in [0, 0.1) is 29.6 Å². The maximum Gasteiger partial charge on any atom is 0.0601 e. The molecule has 0 amide bonds. The summed E-state index contributed by atoms with van der Waals surface area (Å²) in [7, 11) is 0. The van der Waals surface area contributed by atoms with Gasteiger partial charge in [-0.1, -0.05) is 12.3 Å². The van der Waals surface area contributed by atoms with E-state index in [0.29, 0.717) is 5.92 Å². The molecule has 1 N–H and O–H groups in total. The van der Waals surface area contributed by atoms with Gasteiger partial charge in [-0.2, -0.15) is 0 Å². The van der Waals surface area contributed by atoms with E-state index in [1.807, 2.05) is 0 Å². The van der Waals surface area contributed by atoms with Crippen molar-refractivity contribution in [2.75, 3.05) is 19.6 Å². The zero-order valence-corrected chi connectivity index (χ0v) is 9.86. The van der Waals surface area contributed by atoms with Gasteiger partial charge in [-0.05, 0) is 37.0 Å². The molecule has 0 aromatic rings. The van der Waals surface area contributed by atoms with Gasteiger partial charge in [0.2, 0.25) is 0 Å². The molecule has 1 aliphatic heterocycles. The molecule has 4 atom stereocenters. The van der Waals surface area contributed by atoms with Gasteiger partial charge in [0, 0.05) is 19.5 Å². The first-order valence-electron chi connectivity index (χ1n) is 6.69. The van der Waals surface area contributed by atoms with Gasteiger partial charge in [0.15, 0.2) is 0 Å². The van der Waals surface area contributed by atoms with Crippen molar-refractivity contribution in [1.82, 2.24) is 4.90 Å². The molecule has 2 aliphatic carbocycles. The minimum absolute atomic E-state index is 0.0752. The molecular formula is C14H21NO. The molecule has 0 bridgehead atoms. The molecule has 1 heterocycles.